The second-order valence-electron chi connectivity index (χ2n) is 3.92. The van der Waals surface area contributed by atoms with E-state index in [1.165, 1.54) is 6.92 Å². The van der Waals surface area contributed by atoms with Crippen molar-refractivity contribution in [2.75, 3.05) is 6.61 Å². The van der Waals surface area contributed by atoms with Crippen LogP contribution < -0.4 is 5.73 Å². The van der Waals surface area contributed by atoms with Crippen molar-refractivity contribution in [2.45, 2.75) is 51.7 Å². The van der Waals surface area contributed by atoms with E-state index in [1.807, 2.05) is 6.92 Å². The molecule has 2 atom stereocenters. The van der Waals surface area contributed by atoms with Crippen LogP contribution in [0.4, 0.5) is 0 Å². The first kappa shape index (κ1) is 13.4. The summed E-state index contributed by atoms with van der Waals surface area (Å²) in [5, 5.41) is 8.73. The first-order chi connectivity index (χ1) is 6.40. The van der Waals surface area contributed by atoms with Gasteiger partial charge in [-0.25, -0.2) is 0 Å². The third-order valence-electron chi connectivity index (χ3n) is 2.31. The summed E-state index contributed by atoms with van der Waals surface area (Å²) in [4.78, 5) is 10.6. The van der Waals surface area contributed by atoms with Gasteiger partial charge in [-0.1, -0.05) is 6.92 Å². The highest BCUT2D eigenvalue weighted by Gasteiger charge is 2.26. The van der Waals surface area contributed by atoms with E-state index in [1.54, 1.807) is 0 Å². The zero-order valence-corrected chi connectivity index (χ0v) is 9.25. The van der Waals surface area contributed by atoms with Crippen LogP contribution in [0.25, 0.3) is 0 Å². The van der Waals surface area contributed by atoms with E-state index in [4.69, 9.17) is 15.6 Å². The van der Waals surface area contributed by atoms with E-state index in [-0.39, 0.29) is 6.10 Å². The van der Waals surface area contributed by atoms with Gasteiger partial charge in [0.15, 0.2) is 0 Å². The standard InChI is InChI=1S/C10H21NO3/c1-4-8(2)14-7-5-6-10(3,11)9(12)13/h8H,4-7,11H2,1-3H3,(H,12,13). The SMILES string of the molecule is CCC(C)OCCCC(C)(N)C(=O)O. The third kappa shape index (κ3) is 5.19. The molecular formula is C10H21NO3. The number of hydrogen-bond acceptors (Lipinski definition) is 3. The molecule has 0 heterocycles. The smallest absolute Gasteiger partial charge is 0.323 e. The minimum Gasteiger partial charge on any atom is -0.480 e. The first-order valence-corrected chi connectivity index (χ1v) is 5.04. The van der Waals surface area contributed by atoms with Gasteiger partial charge in [0, 0.05) is 6.61 Å². The number of ether oxygens (including phenoxy) is 1. The van der Waals surface area contributed by atoms with Crippen molar-refractivity contribution in [1.29, 1.82) is 0 Å². The van der Waals surface area contributed by atoms with Crippen LogP contribution in [-0.4, -0.2) is 29.3 Å². The summed E-state index contributed by atoms with van der Waals surface area (Å²) < 4.78 is 5.42. The summed E-state index contributed by atoms with van der Waals surface area (Å²) in [6.45, 7) is 6.15. The van der Waals surface area contributed by atoms with Crippen molar-refractivity contribution in [3.63, 3.8) is 0 Å². The van der Waals surface area contributed by atoms with E-state index in [0.29, 0.717) is 19.4 Å². The van der Waals surface area contributed by atoms with E-state index in [9.17, 15) is 4.79 Å². The van der Waals surface area contributed by atoms with Crippen molar-refractivity contribution >= 4 is 5.97 Å². The van der Waals surface area contributed by atoms with Crippen LogP contribution in [0.15, 0.2) is 0 Å². The molecule has 0 aliphatic rings. The maximum atomic E-state index is 10.6. The number of rotatable bonds is 7. The van der Waals surface area contributed by atoms with Gasteiger partial charge in [0.2, 0.25) is 0 Å². The average molecular weight is 203 g/mol. The molecule has 0 bridgehead atoms. The predicted molar refractivity (Wildman–Crippen MR) is 55.2 cm³/mol. The Morgan fingerprint density at radius 2 is 2.21 bits per heavy atom. The molecule has 0 aliphatic carbocycles. The Bertz CT molecular complexity index is 180. The lowest BCUT2D eigenvalue weighted by Gasteiger charge is -2.19. The van der Waals surface area contributed by atoms with Crippen molar-refractivity contribution < 1.29 is 14.6 Å². The van der Waals surface area contributed by atoms with E-state index < -0.39 is 11.5 Å². The topological polar surface area (TPSA) is 72.5 Å². The van der Waals surface area contributed by atoms with Crippen LogP contribution >= 0.6 is 0 Å². The maximum absolute atomic E-state index is 10.6. The van der Waals surface area contributed by atoms with Gasteiger partial charge in [0.1, 0.15) is 5.54 Å². The molecule has 0 aromatic carbocycles. The first-order valence-electron chi connectivity index (χ1n) is 5.04. The Balaban J connectivity index is 3.59. The molecule has 14 heavy (non-hydrogen) atoms. The molecule has 0 radical (unpaired) electrons. The lowest BCUT2D eigenvalue weighted by molar-refractivity contribution is -0.143. The van der Waals surface area contributed by atoms with Gasteiger partial charge in [-0.3, -0.25) is 4.79 Å². The fourth-order valence-electron chi connectivity index (χ4n) is 0.949. The van der Waals surface area contributed by atoms with E-state index in [0.717, 1.165) is 6.42 Å². The average Bonchev–Trinajstić information content (AvgIpc) is 2.11. The van der Waals surface area contributed by atoms with Crippen LogP contribution in [0.3, 0.4) is 0 Å². The summed E-state index contributed by atoms with van der Waals surface area (Å²) in [6.07, 6.45) is 2.34. The van der Waals surface area contributed by atoms with Crippen LogP contribution in [0.1, 0.15) is 40.0 Å². The second-order valence-corrected chi connectivity index (χ2v) is 3.92. The highest BCUT2D eigenvalue weighted by atomic mass is 16.5. The summed E-state index contributed by atoms with van der Waals surface area (Å²) in [5.74, 6) is -0.957. The number of carboxylic acid groups (broad SMARTS) is 1. The number of carboxylic acids is 1. The lowest BCUT2D eigenvalue weighted by atomic mass is 9.98. The fourth-order valence-corrected chi connectivity index (χ4v) is 0.949. The molecule has 84 valence electrons. The van der Waals surface area contributed by atoms with Crippen molar-refractivity contribution in [1.82, 2.24) is 0 Å². The van der Waals surface area contributed by atoms with Crippen molar-refractivity contribution in [2.24, 2.45) is 5.73 Å². The van der Waals surface area contributed by atoms with Gasteiger partial charge in [-0.15, -0.1) is 0 Å². The summed E-state index contributed by atoms with van der Waals surface area (Å²) in [6, 6.07) is 0. The largest absolute Gasteiger partial charge is 0.480 e. The van der Waals surface area contributed by atoms with Crippen LogP contribution in [-0.2, 0) is 9.53 Å². The highest BCUT2D eigenvalue weighted by molar-refractivity contribution is 5.77. The number of carbonyl (C=O) groups is 1. The zero-order chi connectivity index (χ0) is 11.2. The molecule has 0 saturated carbocycles. The normalized spacial score (nSPS) is 17.4. The molecular weight excluding hydrogens is 182 g/mol. The second kappa shape index (κ2) is 5.98. The Labute approximate surface area is 85.4 Å². The number of nitrogens with two attached hydrogens (primary N) is 1. The summed E-state index contributed by atoms with van der Waals surface area (Å²) in [5.41, 5.74) is 4.43. The number of hydrogen-bond donors (Lipinski definition) is 2. The Morgan fingerprint density at radius 1 is 1.64 bits per heavy atom. The monoisotopic (exact) mass is 203 g/mol. The Hall–Kier alpha value is -0.610. The minimum atomic E-state index is -1.13. The molecule has 0 aromatic rings. The van der Waals surface area contributed by atoms with Crippen LogP contribution in [0.2, 0.25) is 0 Å². The fraction of sp³-hybridized carbons (Fsp3) is 0.900. The highest BCUT2D eigenvalue weighted by Crippen LogP contribution is 2.09. The maximum Gasteiger partial charge on any atom is 0.323 e. The molecule has 0 aromatic heterocycles. The third-order valence-corrected chi connectivity index (χ3v) is 2.31. The number of aliphatic carboxylic acids is 1. The molecule has 2 unspecified atom stereocenters. The summed E-state index contributed by atoms with van der Waals surface area (Å²) in [7, 11) is 0. The van der Waals surface area contributed by atoms with Crippen LogP contribution in [0.5, 0.6) is 0 Å². The minimum absolute atomic E-state index is 0.240. The lowest BCUT2D eigenvalue weighted by Crippen LogP contribution is -2.44. The molecule has 0 fully saturated rings. The van der Waals surface area contributed by atoms with Gasteiger partial charge in [-0.05, 0) is 33.1 Å². The molecule has 0 spiro atoms. The molecule has 3 N–H and O–H groups in total. The van der Waals surface area contributed by atoms with Crippen LogP contribution in [0, 0.1) is 0 Å². The molecule has 0 saturated heterocycles. The van der Waals surface area contributed by atoms with Gasteiger partial charge >= 0.3 is 5.97 Å². The predicted octanol–water partition coefficient (Wildman–Crippen LogP) is 1.38. The van der Waals surface area contributed by atoms with Gasteiger partial charge < -0.3 is 15.6 Å². The molecule has 0 rings (SSSR count). The summed E-state index contributed by atoms with van der Waals surface area (Å²) >= 11 is 0. The quantitative estimate of drug-likeness (QED) is 0.613. The molecule has 4 nitrogen and oxygen atoms in total. The van der Waals surface area contributed by atoms with Crippen molar-refractivity contribution in [3.05, 3.63) is 0 Å². The molecule has 4 heteroatoms. The van der Waals surface area contributed by atoms with E-state index in [2.05, 4.69) is 6.92 Å². The van der Waals surface area contributed by atoms with Crippen molar-refractivity contribution in [3.8, 4) is 0 Å². The Kier molecular flexibility index (Phi) is 5.72. The molecule has 0 aliphatic heterocycles. The van der Waals surface area contributed by atoms with Gasteiger partial charge in [-0.2, -0.15) is 0 Å². The van der Waals surface area contributed by atoms with Gasteiger partial charge in [0.25, 0.3) is 0 Å². The zero-order valence-electron chi connectivity index (χ0n) is 9.25. The molecule has 0 amide bonds. The van der Waals surface area contributed by atoms with E-state index >= 15 is 0 Å². The Morgan fingerprint density at radius 3 is 2.64 bits per heavy atom. The van der Waals surface area contributed by atoms with Gasteiger partial charge in [0.05, 0.1) is 6.10 Å².